The lowest BCUT2D eigenvalue weighted by molar-refractivity contribution is -0.230. The molecule has 0 spiro atoms. The number of hydrogen-bond donors (Lipinski definition) is 0. The zero-order valence-electron chi connectivity index (χ0n) is 24.7. The summed E-state index contributed by atoms with van der Waals surface area (Å²) in [5, 5.41) is 0. The van der Waals surface area contributed by atoms with Crippen LogP contribution in [0.3, 0.4) is 0 Å². The first-order valence-electron chi connectivity index (χ1n) is 14.5. The van der Waals surface area contributed by atoms with Gasteiger partial charge in [-0.2, -0.15) is 8.78 Å². The molecule has 0 amide bonds. The van der Waals surface area contributed by atoms with Gasteiger partial charge < -0.3 is 18.9 Å². The standard InChI is InChI=1S/C34H27F9O4/c1-2-3-4-9-44-22-16-45-33(46-17-22)20-13-27(37)31(28(38)14-20)34(42,43)47-21-6-8-23(26(36)15-21)18-5-7-24(25(35)10-18)19-11-29(39)32(41)30(40)12-19/h5-8,10-15,22,33H,2-4,9,16-17H2,1H3. The molecule has 1 saturated heterocycles. The van der Waals surface area contributed by atoms with Gasteiger partial charge in [-0.15, -0.1) is 0 Å². The van der Waals surface area contributed by atoms with E-state index in [1.807, 2.05) is 6.92 Å². The maximum atomic E-state index is 15.0. The molecule has 0 bridgehead atoms. The summed E-state index contributed by atoms with van der Waals surface area (Å²) in [6.45, 7) is 2.66. The molecule has 0 aromatic heterocycles. The van der Waals surface area contributed by atoms with Crippen molar-refractivity contribution in [2.24, 2.45) is 0 Å². The summed E-state index contributed by atoms with van der Waals surface area (Å²) in [5.74, 6) is -11.2. The number of benzene rings is 4. The van der Waals surface area contributed by atoms with E-state index in [4.69, 9.17) is 14.2 Å². The van der Waals surface area contributed by atoms with Crippen molar-refractivity contribution in [3.05, 3.63) is 113 Å². The lowest BCUT2D eigenvalue weighted by Gasteiger charge is -2.30. The molecule has 0 N–H and O–H groups in total. The highest BCUT2D eigenvalue weighted by molar-refractivity contribution is 5.72. The van der Waals surface area contributed by atoms with Gasteiger partial charge in [0.2, 0.25) is 0 Å². The molecule has 0 atom stereocenters. The molecule has 0 unspecified atom stereocenters. The predicted octanol–water partition coefficient (Wildman–Crippen LogP) is 9.74. The van der Waals surface area contributed by atoms with E-state index in [-0.39, 0.29) is 41.0 Å². The van der Waals surface area contributed by atoms with Gasteiger partial charge in [-0.3, -0.25) is 0 Å². The number of rotatable bonds is 11. The Morgan fingerprint density at radius 2 is 1.26 bits per heavy atom. The summed E-state index contributed by atoms with van der Waals surface area (Å²) in [7, 11) is 0. The predicted molar refractivity (Wildman–Crippen MR) is 152 cm³/mol. The van der Waals surface area contributed by atoms with Crippen LogP contribution in [0.4, 0.5) is 39.5 Å². The molecule has 4 nitrogen and oxygen atoms in total. The number of alkyl halides is 2. The maximum absolute atomic E-state index is 15.0. The smallest absolute Gasteiger partial charge is 0.429 e. The van der Waals surface area contributed by atoms with E-state index in [2.05, 4.69) is 4.74 Å². The molecule has 0 saturated carbocycles. The normalized spacial score (nSPS) is 16.8. The Labute approximate surface area is 263 Å². The highest BCUT2D eigenvalue weighted by Crippen LogP contribution is 2.39. The fraction of sp³-hybridized carbons (Fsp3) is 0.294. The van der Waals surface area contributed by atoms with Crippen LogP contribution in [0.2, 0.25) is 0 Å². The third-order valence-corrected chi connectivity index (χ3v) is 7.36. The molecule has 1 aliphatic rings. The first-order chi connectivity index (χ1) is 22.4. The van der Waals surface area contributed by atoms with Crippen molar-refractivity contribution >= 4 is 0 Å². The Morgan fingerprint density at radius 1 is 0.681 bits per heavy atom. The Bertz CT molecular complexity index is 1690. The summed E-state index contributed by atoms with van der Waals surface area (Å²) in [6.07, 6.45) is -3.36. The zero-order chi connectivity index (χ0) is 33.9. The average molecular weight is 671 g/mol. The highest BCUT2D eigenvalue weighted by atomic mass is 19.3. The van der Waals surface area contributed by atoms with Gasteiger partial charge >= 0.3 is 6.11 Å². The first-order valence-corrected chi connectivity index (χ1v) is 14.5. The van der Waals surface area contributed by atoms with E-state index in [0.717, 1.165) is 43.5 Å². The topological polar surface area (TPSA) is 36.9 Å². The van der Waals surface area contributed by atoms with Crippen LogP contribution in [0.25, 0.3) is 22.3 Å². The van der Waals surface area contributed by atoms with Gasteiger partial charge in [0.05, 0.1) is 13.2 Å². The fourth-order valence-electron chi connectivity index (χ4n) is 5.00. The van der Waals surface area contributed by atoms with Crippen molar-refractivity contribution in [1.29, 1.82) is 0 Å². The fourth-order valence-corrected chi connectivity index (χ4v) is 5.00. The van der Waals surface area contributed by atoms with Crippen molar-refractivity contribution in [2.75, 3.05) is 19.8 Å². The second-order valence-electron chi connectivity index (χ2n) is 10.8. The van der Waals surface area contributed by atoms with Crippen LogP contribution in [-0.2, 0) is 20.3 Å². The summed E-state index contributed by atoms with van der Waals surface area (Å²) in [5.41, 5.74) is -2.94. The van der Waals surface area contributed by atoms with Crippen LogP contribution in [0, 0.1) is 40.7 Å². The average Bonchev–Trinajstić information content (AvgIpc) is 3.01. The van der Waals surface area contributed by atoms with E-state index in [0.29, 0.717) is 36.9 Å². The molecule has 4 aromatic rings. The minimum atomic E-state index is -4.60. The zero-order valence-corrected chi connectivity index (χ0v) is 24.7. The third-order valence-electron chi connectivity index (χ3n) is 7.36. The van der Waals surface area contributed by atoms with E-state index < -0.39 is 70.5 Å². The lowest BCUT2D eigenvalue weighted by Crippen LogP contribution is -2.34. The Balaban J connectivity index is 1.28. The number of halogens is 9. The lowest BCUT2D eigenvalue weighted by atomic mass is 9.99. The molecule has 1 fully saturated rings. The van der Waals surface area contributed by atoms with Gasteiger partial charge in [0, 0.05) is 29.4 Å². The van der Waals surface area contributed by atoms with Gasteiger partial charge in [0.1, 0.15) is 40.7 Å². The second-order valence-corrected chi connectivity index (χ2v) is 10.8. The van der Waals surface area contributed by atoms with Gasteiger partial charge in [-0.25, -0.2) is 30.7 Å². The molecule has 0 aliphatic carbocycles. The SMILES string of the molecule is CCCCCOC1COC(c2cc(F)c(C(F)(F)Oc3ccc(-c4ccc(-c5cc(F)c(F)c(F)c5)c(F)c4)c(F)c3)c(F)c2)OC1. The van der Waals surface area contributed by atoms with Crippen LogP contribution in [-0.4, -0.2) is 25.9 Å². The third kappa shape index (κ3) is 7.74. The Morgan fingerprint density at radius 3 is 1.85 bits per heavy atom. The van der Waals surface area contributed by atoms with Crippen LogP contribution < -0.4 is 4.74 Å². The largest absolute Gasteiger partial charge is 0.432 e. The quantitative estimate of drug-likeness (QED) is 0.0905. The molecule has 47 heavy (non-hydrogen) atoms. The summed E-state index contributed by atoms with van der Waals surface area (Å²) < 4.78 is 151. The van der Waals surface area contributed by atoms with Gasteiger partial charge in [-0.1, -0.05) is 31.9 Å². The number of hydrogen-bond acceptors (Lipinski definition) is 4. The van der Waals surface area contributed by atoms with E-state index >= 15 is 8.78 Å². The summed E-state index contributed by atoms with van der Waals surface area (Å²) in [6, 6.07) is 7.81. The molecule has 1 heterocycles. The van der Waals surface area contributed by atoms with Crippen LogP contribution in [0.15, 0.2) is 60.7 Å². The van der Waals surface area contributed by atoms with Gasteiger partial charge in [-0.05, 0) is 60.0 Å². The maximum Gasteiger partial charge on any atom is 0.432 e. The van der Waals surface area contributed by atoms with E-state index in [9.17, 15) is 30.7 Å². The second kappa shape index (κ2) is 14.4. The van der Waals surface area contributed by atoms with E-state index in [1.165, 1.54) is 6.07 Å². The Kier molecular flexibility index (Phi) is 10.5. The summed E-state index contributed by atoms with van der Waals surface area (Å²) >= 11 is 0. The van der Waals surface area contributed by atoms with Crippen LogP contribution >= 0.6 is 0 Å². The first kappa shape index (κ1) is 34.3. The van der Waals surface area contributed by atoms with Crippen molar-refractivity contribution in [3.63, 3.8) is 0 Å². The minimum Gasteiger partial charge on any atom is -0.429 e. The van der Waals surface area contributed by atoms with Crippen LogP contribution in [0.1, 0.15) is 43.6 Å². The monoisotopic (exact) mass is 670 g/mol. The van der Waals surface area contributed by atoms with Crippen molar-refractivity contribution in [2.45, 2.75) is 44.7 Å². The Hall–Kier alpha value is -4.07. The molecule has 13 heteroatoms. The molecule has 5 rings (SSSR count). The van der Waals surface area contributed by atoms with Crippen molar-refractivity contribution in [1.82, 2.24) is 0 Å². The molecule has 0 radical (unpaired) electrons. The van der Waals surface area contributed by atoms with Crippen molar-refractivity contribution < 1.29 is 58.5 Å². The minimum absolute atomic E-state index is 0.0631. The molecular formula is C34H27F9O4. The number of ether oxygens (including phenoxy) is 4. The molecule has 4 aromatic carbocycles. The van der Waals surface area contributed by atoms with E-state index in [1.54, 1.807) is 0 Å². The summed E-state index contributed by atoms with van der Waals surface area (Å²) in [4.78, 5) is 0. The van der Waals surface area contributed by atoms with Gasteiger partial charge in [0.25, 0.3) is 0 Å². The molecule has 250 valence electrons. The van der Waals surface area contributed by atoms with Gasteiger partial charge in [0.15, 0.2) is 23.7 Å². The van der Waals surface area contributed by atoms with Crippen LogP contribution in [0.5, 0.6) is 5.75 Å². The molecule has 1 aliphatic heterocycles. The van der Waals surface area contributed by atoms with Crippen molar-refractivity contribution in [3.8, 4) is 28.0 Å². The molecular weight excluding hydrogens is 643 g/mol. The highest BCUT2D eigenvalue weighted by Gasteiger charge is 2.42. The number of unbranched alkanes of at least 4 members (excludes halogenated alkanes) is 2.